The summed E-state index contributed by atoms with van der Waals surface area (Å²) in [6, 6.07) is 5.98. The van der Waals surface area contributed by atoms with Crippen LogP contribution in [0.2, 0.25) is 0 Å². The van der Waals surface area contributed by atoms with E-state index in [2.05, 4.69) is 26.1 Å². The van der Waals surface area contributed by atoms with E-state index in [1.807, 2.05) is 27.7 Å². The second kappa shape index (κ2) is 20.4. The van der Waals surface area contributed by atoms with Gasteiger partial charge < -0.3 is 21.3 Å². The van der Waals surface area contributed by atoms with Gasteiger partial charge in [0.2, 0.25) is 5.91 Å². The SMILES string of the molecule is CC.CC(C)CO.CCC(C)C.NC(=O)c1ccc(C(=O)NCCO)cc1. The molecule has 0 aliphatic carbocycles. The van der Waals surface area contributed by atoms with E-state index >= 15 is 0 Å². The zero-order valence-corrected chi connectivity index (χ0v) is 18.1. The van der Waals surface area contributed by atoms with Crippen LogP contribution in [0.3, 0.4) is 0 Å². The Labute approximate surface area is 165 Å². The van der Waals surface area contributed by atoms with Crippen molar-refractivity contribution in [2.24, 2.45) is 17.6 Å². The van der Waals surface area contributed by atoms with Crippen molar-refractivity contribution >= 4 is 11.8 Å². The highest BCUT2D eigenvalue weighted by atomic mass is 16.3. The largest absolute Gasteiger partial charge is 0.396 e. The number of benzene rings is 1. The fraction of sp³-hybridized carbons (Fsp3) is 0.619. The van der Waals surface area contributed by atoms with E-state index in [1.165, 1.54) is 30.7 Å². The first-order valence-electron chi connectivity index (χ1n) is 9.59. The Morgan fingerprint density at radius 2 is 1.33 bits per heavy atom. The Kier molecular flexibility index (Phi) is 22.5. The number of aliphatic hydroxyl groups is 2. The third-order valence-corrected chi connectivity index (χ3v) is 3.01. The number of carbonyl (C=O) groups excluding carboxylic acids is 2. The number of hydrogen-bond acceptors (Lipinski definition) is 4. The summed E-state index contributed by atoms with van der Waals surface area (Å²) >= 11 is 0. The number of aliphatic hydroxyl groups excluding tert-OH is 2. The minimum atomic E-state index is -0.530. The molecule has 0 spiro atoms. The second-order valence-corrected chi connectivity index (χ2v) is 6.30. The van der Waals surface area contributed by atoms with Crippen molar-refractivity contribution in [3.63, 3.8) is 0 Å². The highest BCUT2D eigenvalue weighted by Crippen LogP contribution is 2.03. The summed E-state index contributed by atoms with van der Waals surface area (Å²) in [4.78, 5) is 22.1. The van der Waals surface area contributed by atoms with Gasteiger partial charge in [0.15, 0.2) is 0 Å². The Balaban J connectivity index is -0.000000397. The highest BCUT2D eigenvalue weighted by Gasteiger charge is 2.05. The first-order chi connectivity index (χ1) is 12.7. The Morgan fingerprint density at radius 3 is 1.59 bits per heavy atom. The quantitative estimate of drug-likeness (QED) is 0.603. The molecule has 6 heteroatoms. The molecule has 2 amide bonds. The number of amides is 2. The van der Waals surface area contributed by atoms with Gasteiger partial charge in [0.25, 0.3) is 5.91 Å². The van der Waals surface area contributed by atoms with Crippen molar-refractivity contribution in [3.05, 3.63) is 35.4 Å². The van der Waals surface area contributed by atoms with Gasteiger partial charge in [-0.3, -0.25) is 9.59 Å². The number of nitrogens with one attached hydrogen (secondary N) is 1. The van der Waals surface area contributed by atoms with Crippen molar-refractivity contribution in [3.8, 4) is 0 Å². The molecule has 0 fully saturated rings. The zero-order valence-electron chi connectivity index (χ0n) is 18.1. The van der Waals surface area contributed by atoms with Crippen LogP contribution in [0.5, 0.6) is 0 Å². The number of nitrogens with two attached hydrogens (primary N) is 1. The molecule has 1 rings (SSSR count). The van der Waals surface area contributed by atoms with Crippen LogP contribution in [0.1, 0.15) is 75.6 Å². The van der Waals surface area contributed by atoms with E-state index in [0.717, 1.165) is 5.92 Å². The summed E-state index contributed by atoms with van der Waals surface area (Å²) in [7, 11) is 0. The van der Waals surface area contributed by atoms with Gasteiger partial charge in [0.05, 0.1) is 6.61 Å². The summed E-state index contributed by atoms with van der Waals surface area (Å²) in [5, 5.41) is 19.1. The lowest BCUT2D eigenvalue weighted by atomic mass is 10.1. The van der Waals surface area contributed by atoms with Gasteiger partial charge in [0.1, 0.15) is 0 Å². The summed E-state index contributed by atoms with van der Waals surface area (Å²) in [6.45, 7) is 15.0. The molecule has 0 aliphatic heterocycles. The van der Waals surface area contributed by atoms with Crippen LogP contribution in [0.25, 0.3) is 0 Å². The molecule has 0 heterocycles. The number of carbonyl (C=O) groups is 2. The number of primary amides is 1. The molecule has 158 valence electrons. The van der Waals surface area contributed by atoms with Crippen LogP contribution in [-0.4, -0.2) is 41.8 Å². The van der Waals surface area contributed by atoms with Crippen molar-refractivity contribution in [1.29, 1.82) is 0 Å². The topological polar surface area (TPSA) is 113 Å². The van der Waals surface area contributed by atoms with E-state index in [9.17, 15) is 9.59 Å². The second-order valence-electron chi connectivity index (χ2n) is 6.30. The lowest BCUT2D eigenvalue weighted by Gasteiger charge is -2.03. The van der Waals surface area contributed by atoms with Gasteiger partial charge >= 0.3 is 0 Å². The highest BCUT2D eigenvalue weighted by molar-refractivity contribution is 5.97. The summed E-state index contributed by atoms with van der Waals surface area (Å²) in [5.41, 5.74) is 5.83. The van der Waals surface area contributed by atoms with Gasteiger partial charge in [-0.25, -0.2) is 0 Å². The molecule has 0 aromatic heterocycles. The maximum Gasteiger partial charge on any atom is 0.251 e. The lowest BCUT2D eigenvalue weighted by molar-refractivity contribution is 0.0942. The molecule has 0 saturated carbocycles. The first-order valence-corrected chi connectivity index (χ1v) is 9.59. The van der Waals surface area contributed by atoms with Gasteiger partial charge in [0, 0.05) is 24.3 Å². The standard InChI is InChI=1S/C10H12N2O3.C5H12.C4H10O.C2H6/c11-9(14)7-1-3-8(4-2-7)10(15)12-5-6-13;1-4-5(2)3;1-4(2)3-5;1-2/h1-4,13H,5-6H2,(H2,11,14)(H,12,15);5H,4H2,1-3H3;4-5H,3H2,1-2H3;1-2H3. The smallest absolute Gasteiger partial charge is 0.251 e. The molecule has 5 N–H and O–H groups in total. The molecule has 0 aliphatic rings. The van der Waals surface area contributed by atoms with E-state index in [0.29, 0.717) is 23.7 Å². The molecule has 0 unspecified atom stereocenters. The summed E-state index contributed by atoms with van der Waals surface area (Å²) < 4.78 is 0. The Hall–Kier alpha value is -1.92. The number of hydrogen-bond donors (Lipinski definition) is 4. The lowest BCUT2D eigenvalue weighted by Crippen LogP contribution is -2.26. The molecule has 0 saturated heterocycles. The molecule has 0 radical (unpaired) electrons. The molecular weight excluding hydrogens is 344 g/mol. The zero-order chi connectivity index (χ0) is 21.8. The normalized spacial score (nSPS) is 9.15. The number of rotatable bonds is 6. The maximum atomic E-state index is 11.3. The fourth-order valence-electron chi connectivity index (χ4n) is 1.06. The third-order valence-electron chi connectivity index (χ3n) is 3.01. The van der Waals surface area contributed by atoms with Crippen LogP contribution in [0, 0.1) is 11.8 Å². The average molecular weight is 385 g/mol. The van der Waals surface area contributed by atoms with Crippen LogP contribution >= 0.6 is 0 Å². The summed E-state index contributed by atoms with van der Waals surface area (Å²) in [6.07, 6.45) is 1.31. The summed E-state index contributed by atoms with van der Waals surface area (Å²) in [5.74, 6) is 0.502. The average Bonchev–Trinajstić information content (AvgIpc) is 2.68. The minimum absolute atomic E-state index is 0.106. The molecule has 27 heavy (non-hydrogen) atoms. The Morgan fingerprint density at radius 1 is 0.963 bits per heavy atom. The first kappa shape index (κ1) is 29.8. The van der Waals surface area contributed by atoms with Crippen LogP contribution in [-0.2, 0) is 0 Å². The minimum Gasteiger partial charge on any atom is -0.396 e. The van der Waals surface area contributed by atoms with Crippen molar-refractivity contribution < 1.29 is 19.8 Å². The molecule has 0 atom stereocenters. The van der Waals surface area contributed by atoms with E-state index in [4.69, 9.17) is 15.9 Å². The predicted molar refractivity (Wildman–Crippen MR) is 113 cm³/mol. The fourth-order valence-corrected chi connectivity index (χ4v) is 1.06. The van der Waals surface area contributed by atoms with E-state index in [1.54, 1.807) is 0 Å². The van der Waals surface area contributed by atoms with Gasteiger partial charge in [-0.1, -0.05) is 54.9 Å². The molecule has 1 aromatic rings. The van der Waals surface area contributed by atoms with E-state index in [-0.39, 0.29) is 19.1 Å². The Bertz CT molecular complexity index is 464. The van der Waals surface area contributed by atoms with Crippen molar-refractivity contribution in [2.45, 2.75) is 54.9 Å². The predicted octanol–water partition coefficient (Wildman–Crippen LogP) is 3.22. The molecule has 1 aromatic carbocycles. The van der Waals surface area contributed by atoms with Gasteiger partial charge in [-0.15, -0.1) is 0 Å². The molecular formula is C21H40N2O4. The van der Waals surface area contributed by atoms with Gasteiger partial charge in [-0.2, -0.15) is 0 Å². The molecule has 6 nitrogen and oxygen atoms in total. The van der Waals surface area contributed by atoms with Crippen molar-refractivity contribution in [2.75, 3.05) is 19.8 Å². The maximum absolute atomic E-state index is 11.3. The van der Waals surface area contributed by atoms with Crippen LogP contribution < -0.4 is 11.1 Å². The van der Waals surface area contributed by atoms with Gasteiger partial charge in [-0.05, 0) is 36.1 Å². The third kappa shape index (κ3) is 20.2. The van der Waals surface area contributed by atoms with Crippen molar-refractivity contribution in [1.82, 2.24) is 5.32 Å². The van der Waals surface area contributed by atoms with E-state index < -0.39 is 5.91 Å². The molecule has 0 bridgehead atoms. The van der Waals surface area contributed by atoms with Crippen LogP contribution in [0.4, 0.5) is 0 Å². The monoisotopic (exact) mass is 384 g/mol. The van der Waals surface area contributed by atoms with Crippen LogP contribution in [0.15, 0.2) is 24.3 Å².